The van der Waals surface area contributed by atoms with Crippen LogP contribution in [0.25, 0.3) is 0 Å². The van der Waals surface area contributed by atoms with Crippen molar-refractivity contribution >= 4 is 17.3 Å². The molecule has 2 fully saturated rings. The third-order valence-corrected chi connectivity index (χ3v) is 4.47. The van der Waals surface area contributed by atoms with Gasteiger partial charge in [0, 0.05) is 25.0 Å². The first kappa shape index (κ1) is 14.4. The summed E-state index contributed by atoms with van der Waals surface area (Å²) >= 11 is 0. The van der Waals surface area contributed by atoms with E-state index in [0.29, 0.717) is 18.5 Å². The molecule has 0 saturated carbocycles. The quantitative estimate of drug-likeness (QED) is 0.875. The summed E-state index contributed by atoms with van der Waals surface area (Å²) in [6, 6.07) is 9.21. The largest absolute Gasteiger partial charge is 0.381 e. The van der Waals surface area contributed by atoms with Crippen LogP contribution < -0.4 is 15.5 Å². The third-order valence-electron chi connectivity index (χ3n) is 4.47. The number of amides is 1. The number of hydrogen-bond donors (Lipinski definition) is 2. The summed E-state index contributed by atoms with van der Waals surface area (Å²) in [5.74, 6) is 0.245. The Morgan fingerprint density at radius 1 is 1.38 bits per heavy atom. The lowest BCUT2D eigenvalue weighted by molar-refractivity contribution is -0.117. The van der Waals surface area contributed by atoms with Crippen molar-refractivity contribution in [3.8, 4) is 0 Å². The van der Waals surface area contributed by atoms with Gasteiger partial charge in [-0.1, -0.05) is 12.1 Å². The Morgan fingerprint density at radius 3 is 2.95 bits per heavy atom. The third kappa shape index (κ3) is 3.38. The fourth-order valence-electron chi connectivity index (χ4n) is 3.44. The van der Waals surface area contributed by atoms with E-state index >= 15 is 0 Å². The molecule has 2 N–H and O–H groups in total. The smallest absolute Gasteiger partial charge is 0.227 e. The summed E-state index contributed by atoms with van der Waals surface area (Å²) in [6.07, 6.45) is 5.33. The molecule has 1 amide bonds. The minimum atomic E-state index is 0.245. The first-order chi connectivity index (χ1) is 10.2. The maximum Gasteiger partial charge on any atom is 0.227 e. The minimum absolute atomic E-state index is 0.245. The molecular weight excluding hydrogens is 262 g/mol. The highest BCUT2D eigenvalue weighted by Crippen LogP contribution is 2.30. The number of anilines is 2. The van der Waals surface area contributed by atoms with Gasteiger partial charge in [-0.05, 0) is 51.3 Å². The monoisotopic (exact) mass is 287 g/mol. The molecule has 4 nitrogen and oxygen atoms in total. The molecule has 21 heavy (non-hydrogen) atoms. The van der Waals surface area contributed by atoms with Gasteiger partial charge in [0.25, 0.3) is 0 Å². The molecule has 2 atom stereocenters. The minimum Gasteiger partial charge on any atom is -0.381 e. The predicted octanol–water partition coefficient (Wildman–Crippen LogP) is 2.76. The summed E-state index contributed by atoms with van der Waals surface area (Å²) < 4.78 is 0. The molecule has 4 heteroatoms. The molecule has 0 aromatic heterocycles. The van der Waals surface area contributed by atoms with Gasteiger partial charge in [0.1, 0.15) is 0 Å². The highest BCUT2D eigenvalue weighted by molar-refractivity contribution is 5.98. The fourth-order valence-corrected chi connectivity index (χ4v) is 3.44. The average molecular weight is 287 g/mol. The summed E-state index contributed by atoms with van der Waals surface area (Å²) in [6.45, 7) is 4.22. The molecule has 114 valence electrons. The van der Waals surface area contributed by atoms with Crippen molar-refractivity contribution in [1.82, 2.24) is 5.32 Å². The van der Waals surface area contributed by atoms with Crippen molar-refractivity contribution < 1.29 is 4.79 Å². The predicted molar refractivity (Wildman–Crippen MR) is 86.8 cm³/mol. The Balaban J connectivity index is 1.68. The second-order valence-electron chi connectivity index (χ2n) is 6.24. The molecule has 0 aliphatic carbocycles. The molecule has 1 aromatic carbocycles. The van der Waals surface area contributed by atoms with Crippen LogP contribution in [0.4, 0.5) is 11.4 Å². The van der Waals surface area contributed by atoms with Crippen LogP contribution in [0.5, 0.6) is 0 Å². The lowest BCUT2D eigenvalue weighted by atomic mass is 10.1. The second kappa shape index (κ2) is 6.48. The molecule has 3 rings (SSSR count). The number of carbonyl (C=O) groups is 1. The summed E-state index contributed by atoms with van der Waals surface area (Å²) in [5, 5.41) is 7.15. The van der Waals surface area contributed by atoms with E-state index in [4.69, 9.17) is 0 Å². The lowest BCUT2D eigenvalue weighted by Crippen LogP contribution is -2.30. The van der Waals surface area contributed by atoms with Crippen LogP contribution in [0.2, 0.25) is 0 Å². The van der Waals surface area contributed by atoms with Gasteiger partial charge < -0.3 is 15.5 Å². The Labute approximate surface area is 126 Å². The molecule has 2 aliphatic rings. The Hall–Kier alpha value is -1.55. The average Bonchev–Trinajstić information content (AvgIpc) is 3.11. The van der Waals surface area contributed by atoms with Crippen molar-refractivity contribution in [2.45, 2.75) is 51.1 Å². The molecule has 2 heterocycles. The lowest BCUT2D eigenvalue weighted by Gasteiger charge is -2.24. The van der Waals surface area contributed by atoms with Gasteiger partial charge in [0.05, 0.1) is 11.4 Å². The SMILES string of the molecule is CC(CC1CCCN1)Nc1ccccc1N1CCCC1=O. The zero-order valence-corrected chi connectivity index (χ0v) is 12.8. The maximum atomic E-state index is 12.0. The van der Waals surface area contributed by atoms with E-state index in [0.717, 1.165) is 37.3 Å². The maximum absolute atomic E-state index is 12.0. The molecule has 0 spiro atoms. The molecule has 0 radical (unpaired) electrons. The van der Waals surface area contributed by atoms with Crippen molar-refractivity contribution in [1.29, 1.82) is 0 Å². The highest BCUT2D eigenvalue weighted by Gasteiger charge is 2.24. The number of benzene rings is 1. The van der Waals surface area contributed by atoms with Gasteiger partial charge in [-0.2, -0.15) is 0 Å². The Bertz CT molecular complexity index is 497. The zero-order chi connectivity index (χ0) is 14.7. The first-order valence-corrected chi connectivity index (χ1v) is 8.13. The normalized spacial score (nSPS) is 23.6. The van der Waals surface area contributed by atoms with E-state index in [1.165, 1.54) is 12.8 Å². The van der Waals surface area contributed by atoms with Crippen LogP contribution in [-0.2, 0) is 4.79 Å². The van der Waals surface area contributed by atoms with Crippen LogP contribution in [0.15, 0.2) is 24.3 Å². The fraction of sp³-hybridized carbons (Fsp3) is 0.588. The zero-order valence-electron chi connectivity index (χ0n) is 12.8. The van der Waals surface area contributed by atoms with Gasteiger partial charge in [-0.15, -0.1) is 0 Å². The van der Waals surface area contributed by atoms with Gasteiger partial charge in [0.2, 0.25) is 5.91 Å². The van der Waals surface area contributed by atoms with E-state index in [-0.39, 0.29) is 5.91 Å². The highest BCUT2D eigenvalue weighted by atomic mass is 16.2. The van der Waals surface area contributed by atoms with Crippen LogP contribution in [0.1, 0.15) is 39.0 Å². The van der Waals surface area contributed by atoms with Crippen LogP contribution in [0.3, 0.4) is 0 Å². The van der Waals surface area contributed by atoms with Crippen molar-refractivity contribution in [2.75, 3.05) is 23.3 Å². The van der Waals surface area contributed by atoms with Gasteiger partial charge >= 0.3 is 0 Å². The van der Waals surface area contributed by atoms with E-state index in [9.17, 15) is 4.79 Å². The Kier molecular flexibility index (Phi) is 4.44. The number of hydrogen-bond acceptors (Lipinski definition) is 3. The second-order valence-corrected chi connectivity index (χ2v) is 6.24. The molecule has 2 saturated heterocycles. The molecule has 0 bridgehead atoms. The standard InChI is InChI=1S/C17H25N3O/c1-13(12-14-6-4-10-18-14)19-15-7-2-3-8-16(15)20-11-5-9-17(20)21/h2-3,7-8,13-14,18-19H,4-6,9-12H2,1H3. The van der Waals surface area contributed by atoms with Crippen LogP contribution in [-0.4, -0.2) is 31.1 Å². The molecule has 1 aromatic rings. The molecule has 2 aliphatic heterocycles. The number of nitrogens with zero attached hydrogens (tertiary/aromatic N) is 1. The Morgan fingerprint density at radius 2 is 2.24 bits per heavy atom. The van der Waals surface area contributed by atoms with Crippen LogP contribution >= 0.6 is 0 Å². The van der Waals surface area contributed by atoms with Gasteiger partial charge in [-0.25, -0.2) is 0 Å². The van der Waals surface area contributed by atoms with Crippen molar-refractivity contribution in [3.63, 3.8) is 0 Å². The number of carbonyl (C=O) groups excluding carboxylic acids is 1. The topological polar surface area (TPSA) is 44.4 Å². The number of rotatable bonds is 5. The van der Waals surface area contributed by atoms with Gasteiger partial charge in [0.15, 0.2) is 0 Å². The summed E-state index contributed by atoms with van der Waals surface area (Å²) in [7, 11) is 0. The van der Waals surface area contributed by atoms with Gasteiger partial charge in [-0.3, -0.25) is 4.79 Å². The van der Waals surface area contributed by atoms with E-state index in [2.05, 4.69) is 23.6 Å². The van der Waals surface area contributed by atoms with E-state index in [1.54, 1.807) is 0 Å². The van der Waals surface area contributed by atoms with Crippen LogP contribution in [0, 0.1) is 0 Å². The van der Waals surface area contributed by atoms with E-state index in [1.807, 2.05) is 23.1 Å². The summed E-state index contributed by atoms with van der Waals surface area (Å²) in [5.41, 5.74) is 2.12. The molecular formula is C17H25N3O. The van der Waals surface area contributed by atoms with Crippen molar-refractivity contribution in [2.24, 2.45) is 0 Å². The summed E-state index contributed by atoms with van der Waals surface area (Å²) in [4.78, 5) is 13.9. The first-order valence-electron chi connectivity index (χ1n) is 8.13. The van der Waals surface area contributed by atoms with E-state index < -0.39 is 0 Å². The number of para-hydroxylation sites is 2. The number of nitrogens with one attached hydrogen (secondary N) is 2. The molecule has 2 unspecified atom stereocenters. The van der Waals surface area contributed by atoms with Crippen molar-refractivity contribution in [3.05, 3.63) is 24.3 Å².